The summed E-state index contributed by atoms with van der Waals surface area (Å²) in [6.07, 6.45) is 7.76. The van der Waals surface area contributed by atoms with Crippen LogP contribution in [0.4, 0.5) is 0 Å². The Kier molecular flexibility index (Phi) is 7.57. The van der Waals surface area contributed by atoms with Crippen molar-refractivity contribution in [3.63, 3.8) is 0 Å². The van der Waals surface area contributed by atoms with Gasteiger partial charge in [-0.25, -0.2) is 0 Å². The molecule has 0 atom stereocenters. The van der Waals surface area contributed by atoms with Crippen LogP contribution in [-0.4, -0.2) is 12.9 Å². The third-order valence-electron chi connectivity index (χ3n) is 3.23. The van der Waals surface area contributed by atoms with Crippen molar-refractivity contribution in [3.05, 3.63) is 28.8 Å². The zero-order chi connectivity index (χ0) is 14.1. The fourth-order valence-corrected chi connectivity index (χ4v) is 2.31. The van der Waals surface area contributed by atoms with Crippen LogP contribution in [0.5, 0.6) is 5.75 Å². The second-order valence-electron chi connectivity index (χ2n) is 4.79. The molecular weight excluding hydrogens is 260 g/mol. The van der Waals surface area contributed by atoms with Gasteiger partial charge in [0.05, 0.1) is 12.1 Å². The maximum atomic E-state index is 12.0. The van der Waals surface area contributed by atoms with Crippen LogP contribution in [0.1, 0.15) is 62.2 Å². The first kappa shape index (κ1) is 16.0. The largest absolute Gasteiger partial charge is 0.495 e. The Balaban J connectivity index is 2.35. The van der Waals surface area contributed by atoms with Gasteiger partial charge in [0.25, 0.3) is 0 Å². The molecule has 1 aromatic carbocycles. The highest BCUT2D eigenvalue weighted by Gasteiger charge is 2.08. The molecule has 0 aliphatic heterocycles. The summed E-state index contributed by atoms with van der Waals surface area (Å²) in [6, 6.07) is 5.22. The Labute approximate surface area is 121 Å². The first-order chi connectivity index (χ1) is 9.19. The molecule has 0 unspecified atom stereocenters. The molecule has 0 spiro atoms. The van der Waals surface area contributed by atoms with Gasteiger partial charge < -0.3 is 4.74 Å². The molecule has 2 nitrogen and oxygen atoms in total. The van der Waals surface area contributed by atoms with Crippen LogP contribution in [-0.2, 0) is 0 Å². The van der Waals surface area contributed by atoms with E-state index < -0.39 is 0 Å². The average molecular weight is 283 g/mol. The summed E-state index contributed by atoms with van der Waals surface area (Å²) in [4.78, 5) is 12.0. The zero-order valence-electron chi connectivity index (χ0n) is 11.9. The van der Waals surface area contributed by atoms with Crippen LogP contribution in [0.25, 0.3) is 0 Å². The molecule has 0 bridgehead atoms. The SMILES string of the molecule is CCCCCCCCC(=O)c1ccc(OC)c(Cl)c1. The van der Waals surface area contributed by atoms with Crippen molar-refractivity contribution in [2.24, 2.45) is 0 Å². The van der Waals surface area contributed by atoms with Gasteiger partial charge in [0.2, 0.25) is 0 Å². The number of carbonyl (C=O) groups excluding carboxylic acids is 1. The van der Waals surface area contributed by atoms with Crippen molar-refractivity contribution in [1.29, 1.82) is 0 Å². The van der Waals surface area contributed by atoms with Crippen LogP contribution < -0.4 is 4.74 Å². The normalized spacial score (nSPS) is 10.5. The van der Waals surface area contributed by atoms with Gasteiger partial charge in [-0.3, -0.25) is 4.79 Å². The molecule has 0 aliphatic carbocycles. The Morgan fingerprint density at radius 3 is 2.47 bits per heavy atom. The van der Waals surface area contributed by atoms with Gasteiger partial charge >= 0.3 is 0 Å². The monoisotopic (exact) mass is 282 g/mol. The molecule has 0 N–H and O–H groups in total. The molecule has 0 saturated heterocycles. The molecule has 0 heterocycles. The molecule has 0 radical (unpaired) electrons. The number of hydrogen-bond donors (Lipinski definition) is 0. The quantitative estimate of drug-likeness (QED) is 0.455. The van der Waals surface area contributed by atoms with E-state index in [0.29, 0.717) is 22.8 Å². The van der Waals surface area contributed by atoms with Crippen molar-refractivity contribution in [2.45, 2.75) is 51.9 Å². The number of Topliss-reactive ketones (excluding diaryl/α,β-unsaturated/α-hetero) is 1. The minimum absolute atomic E-state index is 0.167. The predicted octanol–water partition coefficient (Wildman–Crippen LogP) is 5.28. The highest BCUT2D eigenvalue weighted by Crippen LogP contribution is 2.25. The number of hydrogen-bond acceptors (Lipinski definition) is 2. The third kappa shape index (κ3) is 5.65. The smallest absolute Gasteiger partial charge is 0.162 e. The molecular formula is C16H23ClO2. The minimum atomic E-state index is 0.167. The van der Waals surface area contributed by atoms with Gasteiger partial charge in [0, 0.05) is 12.0 Å². The van der Waals surface area contributed by atoms with Crippen LogP contribution >= 0.6 is 11.6 Å². The van der Waals surface area contributed by atoms with Crippen molar-refractivity contribution in [2.75, 3.05) is 7.11 Å². The van der Waals surface area contributed by atoms with E-state index in [1.165, 1.54) is 25.7 Å². The second-order valence-corrected chi connectivity index (χ2v) is 5.20. The predicted molar refractivity (Wildman–Crippen MR) is 80.3 cm³/mol. The van der Waals surface area contributed by atoms with E-state index in [4.69, 9.17) is 16.3 Å². The van der Waals surface area contributed by atoms with Crippen LogP contribution in [0.15, 0.2) is 18.2 Å². The zero-order valence-corrected chi connectivity index (χ0v) is 12.6. The number of unbranched alkanes of at least 4 members (excludes halogenated alkanes) is 5. The number of methoxy groups -OCH3 is 1. The Hall–Kier alpha value is -1.02. The molecule has 106 valence electrons. The lowest BCUT2D eigenvalue weighted by molar-refractivity contribution is 0.0979. The number of rotatable bonds is 9. The van der Waals surface area contributed by atoms with E-state index in [9.17, 15) is 4.79 Å². The van der Waals surface area contributed by atoms with Gasteiger partial charge in [-0.15, -0.1) is 0 Å². The average Bonchev–Trinajstić information content (AvgIpc) is 2.42. The Morgan fingerprint density at radius 1 is 1.16 bits per heavy atom. The topological polar surface area (TPSA) is 26.3 Å². The van der Waals surface area contributed by atoms with E-state index in [1.54, 1.807) is 25.3 Å². The van der Waals surface area contributed by atoms with E-state index in [2.05, 4.69) is 6.92 Å². The summed E-state index contributed by atoms with van der Waals surface area (Å²) < 4.78 is 5.07. The maximum Gasteiger partial charge on any atom is 0.162 e. The lowest BCUT2D eigenvalue weighted by Crippen LogP contribution is -1.99. The first-order valence-electron chi connectivity index (χ1n) is 7.05. The molecule has 0 saturated carbocycles. The van der Waals surface area contributed by atoms with E-state index in [-0.39, 0.29) is 5.78 Å². The lowest BCUT2D eigenvalue weighted by Gasteiger charge is -2.05. The minimum Gasteiger partial charge on any atom is -0.495 e. The first-order valence-corrected chi connectivity index (χ1v) is 7.43. The molecule has 19 heavy (non-hydrogen) atoms. The molecule has 0 aromatic heterocycles. The summed E-state index contributed by atoms with van der Waals surface area (Å²) in [5.74, 6) is 0.776. The van der Waals surface area contributed by atoms with E-state index in [0.717, 1.165) is 12.8 Å². The highest BCUT2D eigenvalue weighted by atomic mass is 35.5. The molecule has 0 amide bonds. The number of halogens is 1. The van der Waals surface area contributed by atoms with E-state index in [1.807, 2.05) is 0 Å². The van der Waals surface area contributed by atoms with E-state index >= 15 is 0 Å². The number of benzene rings is 1. The summed E-state index contributed by atoms with van der Waals surface area (Å²) in [5.41, 5.74) is 0.680. The van der Waals surface area contributed by atoms with Gasteiger partial charge in [-0.05, 0) is 24.6 Å². The molecule has 0 aliphatic rings. The summed E-state index contributed by atoms with van der Waals surface area (Å²) >= 11 is 6.01. The summed E-state index contributed by atoms with van der Waals surface area (Å²) in [6.45, 7) is 2.21. The van der Waals surface area contributed by atoms with Crippen LogP contribution in [0.2, 0.25) is 5.02 Å². The Morgan fingerprint density at radius 2 is 1.84 bits per heavy atom. The number of ketones is 1. The standard InChI is InChI=1S/C16H23ClO2/c1-3-4-5-6-7-8-9-15(18)13-10-11-16(19-2)14(17)12-13/h10-12H,3-9H2,1-2H3. The third-order valence-corrected chi connectivity index (χ3v) is 3.53. The second kappa shape index (κ2) is 8.98. The fraction of sp³-hybridized carbons (Fsp3) is 0.562. The Bertz CT molecular complexity index is 402. The highest BCUT2D eigenvalue weighted by molar-refractivity contribution is 6.32. The van der Waals surface area contributed by atoms with Crippen molar-refractivity contribution in [3.8, 4) is 5.75 Å². The maximum absolute atomic E-state index is 12.0. The molecule has 0 fully saturated rings. The number of ether oxygens (including phenoxy) is 1. The molecule has 3 heteroatoms. The number of carbonyl (C=O) groups is 1. The lowest BCUT2D eigenvalue weighted by atomic mass is 10.0. The summed E-state index contributed by atoms with van der Waals surface area (Å²) in [5, 5.41) is 0.497. The van der Waals surface area contributed by atoms with Gasteiger partial charge in [0.15, 0.2) is 5.78 Å². The molecule has 1 rings (SSSR count). The van der Waals surface area contributed by atoms with Gasteiger partial charge in [-0.1, -0.05) is 50.6 Å². The van der Waals surface area contributed by atoms with Gasteiger partial charge in [0.1, 0.15) is 5.75 Å². The van der Waals surface area contributed by atoms with Crippen molar-refractivity contribution >= 4 is 17.4 Å². The molecule has 1 aromatic rings. The summed E-state index contributed by atoms with van der Waals surface area (Å²) in [7, 11) is 1.57. The van der Waals surface area contributed by atoms with Crippen molar-refractivity contribution < 1.29 is 9.53 Å². The van der Waals surface area contributed by atoms with Crippen LogP contribution in [0.3, 0.4) is 0 Å². The van der Waals surface area contributed by atoms with Gasteiger partial charge in [-0.2, -0.15) is 0 Å². The van der Waals surface area contributed by atoms with Crippen molar-refractivity contribution in [1.82, 2.24) is 0 Å². The van der Waals surface area contributed by atoms with Crippen LogP contribution in [0, 0.1) is 0 Å². The fourth-order valence-electron chi connectivity index (χ4n) is 2.05.